The average molecular weight is 204 g/mol. The van der Waals surface area contributed by atoms with Crippen molar-refractivity contribution in [1.82, 2.24) is 0 Å². The highest BCUT2D eigenvalue weighted by Crippen LogP contribution is 2.41. The lowest BCUT2D eigenvalue weighted by Gasteiger charge is -2.14. The summed E-state index contributed by atoms with van der Waals surface area (Å²) in [6.45, 7) is 2.05. The zero-order valence-corrected chi connectivity index (χ0v) is 8.94. The molecule has 1 aliphatic carbocycles. The average Bonchev–Trinajstić information content (AvgIpc) is 3.11. The largest absolute Gasteiger partial charge is 0.388 e. The smallest absolute Gasteiger partial charge is 0.150 e. The van der Waals surface area contributed by atoms with E-state index in [0.717, 1.165) is 36.7 Å². The van der Waals surface area contributed by atoms with Gasteiger partial charge in [-0.1, -0.05) is 19.1 Å². The number of benzene rings is 1. The Morgan fingerprint density at radius 2 is 2.27 bits per heavy atom. The minimum absolute atomic E-state index is 0.333. The molecule has 1 atom stereocenters. The summed E-state index contributed by atoms with van der Waals surface area (Å²) in [7, 11) is 0. The molecular weight excluding hydrogens is 188 g/mol. The number of aliphatic hydroxyl groups excluding tert-OH is 1. The minimum atomic E-state index is -0.333. The Morgan fingerprint density at radius 3 is 2.80 bits per heavy atom. The van der Waals surface area contributed by atoms with E-state index in [0.29, 0.717) is 11.5 Å². The molecule has 0 spiro atoms. The van der Waals surface area contributed by atoms with Gasteiger partial charge in [0.2, 0.25) is 0 Å². The van der Waals surface area contributed by atoms with Gasteiger partial charge < -0.3 is 5.11 Å². The second-order valence-corrected chi connectivity index (χ2v) is 4.21. The van der Waals surface area contributed by atoms with E-state index in [1.807, 2.05) is 19.1 Å². The number of carbonyl (C=O) groups is 1. The summed E-state index contributed by atoms with van der Waals surface area (Å²) in [5.74, 6) is 0.442. The van der Waals surface area contributed by atoms with Crippen LogP contribution in [0.4, 0.5) is 0 Å². The van der Waals surface area contributed by atoms with E-state index in [2.05, 4.69) is 0 Å². The van der Waals surface area contributed by atoms with E-state index in [4.69, 9.17) is 0 Å². The zero-order chi connectivity index (χ0) is 10.8. The first-order valence-corrected chi connectivity index (χ1v) is 5.52. The molecule has 0 aromatic heterocycles. The molecule has 2 heteroatoms. The van der Waals surface area contributed by atoms with E-state index >= 15 is 0 Å². The van der Waals surface area contributed by atoms with Gasteiger partial charge >= 0.3 is 0 Å². The summed E-state index contributed by atoms with van der Waals surface area (Å²) in [5, 5.41) is 10.0. The molecule has 2 nitrogen and oxygen atoms in total. The van der Waals surface area contributed by atoms with Crippen molar-refractivity contribution in [3.8, 4) is 0 Å². The van der Waals surface area contributed by atoms with Gasteiger partial charge in [-0.05, 0) is 42.4 Å². The Bertz CT molecular complexity index is 367. The molecule has 1 saturated carbocycles. The van der Waals surface area contributed by atoms with E-state index < -0.39 is 0 Å². The molecule has 0 radical (unpaired) electrons. The quantitative estimate of drug-likeness (QED) is 0.765. The lowest BCUT2D eigenvalue weighted by Crippen LogP contribution is -2.04. The Hall–Kier alpha value is -1.15. The van der Waals surface area contributed by atoms with Crippen LogP contribution in [0.5, 0.6) is 0 Å². The van der Waals surface area contributed by atoms with Crippen LogP contribution in [0, 0.1) is 5.92 Å². The first kappa shape index (κ1) is 10.4. The molecule has 0 amide bonds. The molecule has 0 heterocycles. The number of aldehydes is 1. The highest BCUT2D eigenvalue weighted by Gasteiger charge is 2.31. The molecule has 1 unspecified atom stereocenters. The maximum Gasteiger partial charge on any atom is 0.150 e. The predicted molar refractivity (Wildman–Crippen MR) is 58.9 cm³/mol. The minimum Gasteiger partial charge on any atom is -0.388 e. The van der Waals surface area contributed by atoms with Gasteiger partial charge in [0.25, 0.3) is 0 Å². The standard InChI is InChI=1S/C13H16O2/c1-2-10-7-9(8-14)3-6-12(10)13(15)11-4-5-11/h3,6-8,11,13,15H,2,4-5H2,1H3. The van der Waals surface area contributed by atoms with Gasteiger partial charge in [0.1, 0.15) is 6.29 Å². The number of hydrogen-bond donors (Lipinski definition) is 1. The summed E-state index contributed by atoms with van der Waals surface area (Å²) >= 11 is 0. The Balaban J connectivity index is 2.32. The number of aliphatic hydroxyl groups is 1. The monoisotopic (exact) mass is 204 g/mol. The van der Waals surface area contributed by atoms with Crippen LogP contribution in [-0.4, -0.2) is 11.4 Å². The number of aryl methyl sites for hydroxylation is 1. The third-order valence-corrected chi connectivity index (χ3v) is 3.07. The molecule has 80 valence electrons. The van der Waals surface area contributed by atoms with E-state index in [9.17, 15) is 9.90 Å². The van der Waals surface area contributed by atoms with Crippen LogP contribution in [0.15, 0.2) is 18.2 Å². The lowest BCUT2D eigenvalue weighted by atomic mass is 9.96. The molecule has 1 aromatic carbocycles. The van der Waals surface area contributed by atoms with Gasteiger partial charge in [-0.3, -0.25) is 4.79 Å². The number of hydrogen-bond acceptors (Lipinski definition) is 2. The van der Waals surface area contributed by atoms with Crippen molar-refractivity contribution in [2.45, 2.75) is 32.3 Å². The predicted octanol–water partition coefficient (Wildman–Crippen LogP) is 2.50. The van der Waals surface area contributed by atoms with Crippen molar-refractivity contribution in [1.29, 1.82) is 0 Å². The molecule has 0 aliphatic heterocycles. The van der Waals surface area contributed by atoms with Gasteiger partial charge in [-0.2, -0.15) is 0 Å². The highest BCUT2D eigenvalue weighted by molar-refractivity contribution is 5.75. The van der Waals surface area contributed by atoms with Gasteiger partial charge in [-0.25, -0.2) is 0 Å². The number of rotatable bonds is 4. The second kappa shape index (κ2) is 4.15. The maximum atomic E-state index is 10.6. The van der Waals surface area contributed by atoms with E-state index in [1.165, 1.54) is 0 Å². The fourth-order valence-electron chi connectivity index (χ4n) is 1.96. The molecule has 0 saturated heterocycles. The summed E-state index contributed by atoms with van der Waals surface area (Å²) in [6.07, 6.45) is 3.63. The van der Waals surface area contributed by atoms with Gasteiger partial charge in [-0.15, -0.1) is 0 Å². The summed E-state index contributed by atoms with van der Waals surface area (Å²) in [5.41, 5.74) is 2.79. The van der Waals surface area contributed by atoms with Crippen molar-refractivity contribution >= 4 is 6.29 Å². The maximum absolute atomic E-state index is 10.6. The summed E-state index contributed by atoms with van der Waals surface area (Å²) in [6, 6.07) is 5.56. The molecule has 15 heavy (non-hydrogen) atoms. The fraction of sp³-hybridized carbons (Fsp3) is 0.462. The molecule has 1 aromatic rings. The molecule has 1 aliphatic rings. The van der Waals surface area contributed by atoms with Crippen molar-refractivity contribution in [2.24, 2.45) is 5.92 Å². The van der Waals surface area contributed by atoms with Crippen molar-refractivity contribution < 1.29 is 9.90 Å². The van der Waals surface area contributed by atoms with Crippen LogP contribution in [0.25, 0.3) is 0 Å². The van der Waals surface area contributed by atoms with Crippen LogP contribution in [0.2, 0.25) is 0 Å². The van der Waals surface area contributed by atoms with Crippen molar-refractivity contribution in [2.75, 3.05) is 0 Å². The molecule has 2 rings (SSSR count). The van der Waals surface area contributed by atoms with Gasteiger partial charge in [0.05, 0.1) is 6.10 Å². The van der Waals surface area contributed by atoms with E-state index in [-0.39, 0.29) is 6.10 Å². The zero-order valence-electron chi connectivity index (χ0n) is 8.94. The second-order valence-electron chi connectivity index (χ2n) is 4.21. The molecular formula is C13H16O2. The Labute approximate surface area is 89.9 Å². The first-order chi connectivity index (χ1) is 7.26. The molecule has 0 bridgehead atoms. The van der Waals surface area contributed by atoms with Crippen molar-refractivity contribution in [3.05, 3.63) is 34.9 Å². The molecule has 1 N–H and O–H groups in total. The Morgan fingerprint density at radius 1 is 1.53 bits per heavy atom. The van der Waals surface area contributed by atoms with Gasteiger partial charge in [0, 0.05) is 5.56 Å². The summed E-state index contributed by atoms with van der Waals surface area (Å²) in [4.78, 5) is 10.6. The third-order valence-electron chi connectivity index (χ3n) is 3.07. The Kier molecular flexibility index (Phi) is 2.87. The topological polar surface area (TPSA) is 37.3 Å². The SMILES string of the molecule is CCc1cc(C=O)ccc1C(O)C1CC1. The van der Waals surface area contributed by atoms with Crippen LogP contribution in [0.3, 0.4) is 0 Å². The van der Waals surface area contributed by atoms with Crippen LogP contribution >= 0.6 is 0 Å². The normalized spacial score (nSPS) is 17.5. The van der Waals surface area contributed by atoms with Crippen LogP contribution in [0.1, 0.15) is 47.4 Å². The van der Waals surface area contributed by atoms with Gasteiger partial charge in [0.15, 0.2) is 0 Å². The lowest BCUT2D eigenvalue weighted by molar-refractivity contribution is 0.112. The van der Waals surface area contributed by atoms with Crippen LogP contribution in [-0.2, 0) is 6.42 Å². The third kappa shape index (κ3) is 2.10. The van der Waals surface area contributed by atoms with Crippen LogP contribution < -0.4 is 0 Å². The fourth-order valence-corrected chi connectivity index (χ4v) is 1.96. The summed E-state index contributed by atoms with van der Waals surface area (Å²) < 4.78 is 0. The highest BCUT2D eigenvalue weighted by atomic mass is 16.3. The van der Waals surface area contributed by atoms with Crippen molar-refractivity contribution in [3.63, 3.8) is 0 Å². The molecule has 1 fully saturated rings. The number of carbonyl (C=O) groups excluding carboxylic acids is 1. The van der Waals surface area contributed by atoms with E-state index in [1.54, 1.807) is 6.07 Å². The first-order valence-electron chi connectivity index (χ1n) is 5.52.